The van der Waals surface area contributed by atoms with Crippen LogP contribution in [0.4, 0.5) is 4.39 Å². The zero-order chi connectivity index (χ0) is 20.9. The van der Waals surface area contributed by atoms with Gasteiger partial charge in [-0.2, -0.15) is 5.10 Å². The Kier molecular flexibility index (Phi) is 5.40. The molecule has 0 spiro atoms. The molecular formula is C21H23ClFN7O. The molecule has 4 heterocycles. The molecular weight excluding hydrogens is 421 g/mol. The number of rotatable bonds is 3. The second-order valence-electron chi connectivity index (χ2n) is 8.05. The Bertz CT molecular complexity index is 1280. The predicted molar refractivity (Wildman–Crippen MR) is 119 cm³/mol. The molecule has 0 saturated carbocycles. The van der Waals surface area contributed by atoms with Crippen LogP contribution in [0, 0.1) is 5.82 Å². The Balaban J connectivity index is 0.00000231. The van der Waals surface area contributed by atoms with E-state index in [0.29, 0.717) is 33.6 Å². The number of hydrogen-bond acceptors (Lipinski definition) is 5. The van der Waals surface area contributed by atoms with Gasteiger partial charge < -0.3 is 15.6 Å². The summed E-state index contributed by atoms with van der Waals surface area (Å²) in [5.74, 6) is -0.500. The van der Waals surface area contributed by atoms with E-state index >= 15 is 0 Å². The molecule has 1 aliphatic heterocycles. The van der Waals surface area contributed by atoms with Crippen LogP contribution in [0.3, 0.4) is 0 Å². The molecule has 3 aromatic heterocycles. The van der Waals surface area contributed by atoms with Gasteiger partial charge in [-0.25, -0.2) is 14.4 Å². The number of nitrogens with one attached hydrogen (secondary N) is 3. The fourth-order valence-electron chi connectivity index (χ4n) is 4.04. The third-order valence-corrected chi connectivity index (χ3v) is 5.80. The number of piperidine rings is 1. The number of aryl methyl sites for hydroxylation is 1. The normalized spacial score (nSPS) is 15.7. The zero-order valence-electron chi connectivity index (χ0n) is 17.2. The van der Waals surface area contributed by atoms with Crippen molar-refractivity contribution in [1.29, 1.82) is 0 Å². The third kappa shape index (κ3) is 3.75. The van der Waals surface area contributed by atoms with Gasteiger partial charge in [0.1, 0.15) is 22.7 Å². The zero-order valence-corrected chi connectivity index (χ0v) is 18.0. The first-order chi connectivity index (χ1) is 14.4. The minimum absolute atomic E-state index is 0. The highest BCUT2D eigenvalue weighted by Gasteiger charge is 2.30. The van der Waals surface area contributed by atoms with Gasteiger partial charge in [-0.05, 0) is 51.1 Å². The van der Waals surface area contributed by atoms with Gasteiger partial charge in [0.2, 0.25) is 0 Å². The quantitative estimate of drug-likeness (QED) is 0.452. The van der Waals surface area contributed by atoms with Crippen molar-refractivity contribution in [3.8, 4) is 11.4 Å². The smallest absolute Gasteiger partial charge is 0.255 e. The van der Waals surface area contributed by atoms with Gasteiger partial charge in [-0.1, -0.05) is 0 Å². The molecule has 0 bridgehead atoms. The molecule has 0 atom stereocenters. The van der Waals surface area contributed by atoms with Crippen molar-refractivity contribution in [3.63, 3.8) is 0 Å². The Labute approximate surface area is 184 Å². The Morgan fingerprint density at radius 3 is 2.84 bits per heavy atom. The number of carbonyl (C=O) groups excluding carboxylic acids is 1. The molecule has 8 nitrogen and oxygen atoms in total. The number of benzene rings is 1. The molecule has 0 unspecified atom stereocenters. The van der Waals surface area contributed by atoms with E-state index in [1.807, 2.05) is 0 Å². The van der Waals surface area contributed by atoms with Crippen LogP contribution in [0.25, 0.3) is 33.5 Å². The van der Waals surface area contributed by atoms with E-state index in [-0.39, 0.29) is 29.7 Å². The van der Waals surface area contributed by atoms with Crippen molar-refractivity contribution >= 4 is 40.4 Å². The average molecular weight is 444 g/mol. The number of amides is 1. The lowest BCUT2D eigenvalue weighted by Crippen LogP contribution is -2.52. The Morgan fingerprint density at radius 2 is 2.06 bits per heavy atom. The van der Waals surface area contributed by atoms with Crippen LogP contribution in [-0.2, 0) is 7.05 Å². The van der Waals surface area contributed by atoms with Crippen LogP contribution in [0.2, 0.25) is 0 Å². The summed E-state index contributed by atoms with van der Waals surface area (Å²) in [5.41, 5.74) is 3.01. The molecule has 1 amide bonds. The van der Waals surface area contributed by atoms with Crippen LogP contribution in [0.1, 0.15) is 30.1 Å². The molecule has 3 N–H and O–H groups in total. The number of H-pyrrole nitrogens is 1. The molecule has 10 heteroatoms. The lowest BCUT2D eigenvalue weighted by atomic mass is 9.90. The lowest BCUT2D eigenvalue weighted by Gasteiger charge is -2.34. The standard InChI is InChI=1S/C21H22FN7O.ClH/c1-21(5-7-23-8-6-21)27-20(30)14-10-24-19-18(14)26-15(11-25-19)17-13-4-3-12(22)9-16(13)29(2)28-17;/h3-4,9-11,23H,5-8H2,1-2H3,(H,24,25)(H,27,30);1H. The van der Waals surface area contributed by atoms with Gasteiger partial charge in [0.15, 0.2) is 5.65 Å². The largest absolute Gasteiger partial charge is 0.347 e. The van der Waals surface area contributed by atoms with Gasteiger partial charge in [0.05, 0.1) is 17.3 Å². The summed E-state index contributed by atoms with van der Waals surface area (Å²) in [4.78, 5) is 25.2. The van der Waals surface area contributed by atoms with E-state index in [1.165, 1.54) is 12.1 Å². The summed E-state index contributed by atoms with van der Waals surface area (Å²) >= 11 is 0. The molecule has 31 heavy (non-hydrogen) atoms. The first kappa shape index (κ1) is 21.2. The van der Waals surface area contributed by atoms with E-state index in [0.717, 1.165) is 31.3 Å². The summed E-state index contributed by atoms with van der Waals surface area (Å²) in [5, 5.41) is 11.7. The number of fused-ring (bicyclic) bond motifs is 2. The highest BCUT2D eigenvalue weighted by molar-refractivity contribution is 6.05. The number of halogens is 2. The van der Waals surface area contributed by atoms with E-state index in [1.54, 1.807) is 30.2 Å². The SMILES string of the molecule is Cl.Cn1nc(-c2cnc3[nH]cc(C(=O)NC4(C)CCNCC4)c3n2)c2ccc(F)cc21. The van der Waals surface area contributed by atoms with Crippen LogP contribution in [0.5, 0.6) is 0 Å². The highest BCUT2D eigenvalue weighted by Crippen LogP contribution is 2.28. The summed E-state index contributed by atoms with van der Waals surface area (Å²) in [6.45, 7) is 3.82. The number of aromatic nitrogens is 5. The third-order valence-electron chi connectivity index (χ3n) is 5.80. The molecule has 1 aromatic carbocycles. The van der Waals surface area contributed by atoms with Crippen LogP contribution in [-0.4, -0.2) is 49.3 Å². The maximum atomic E-state index is 13.6. The Morgan fingerprint density at radius 1 is 1.29 bits per heavy atom. The van der Waals surface area contributed by atoms with Crippen molar-refractivity contribution < 1.29 is 9.18 Å². The van der Waals surface area contributed by atoms with E-state index in [9.17, 15) is 9.18 Å². The van der Waals surface area contributed by atoms with E-state index in [4.69, 9.17) is 4.98 Å². The van der Waals surface area contributed by atoms with Gasteiger partial charge in [0.25, 0.3) is 5.91 Å². The number of aromatic amines is 1. The molecule has 1 aliphatic rings. The van der Waals surface area contributed by atoms with Crippen LogP contribution < -0.4 is 10.6 Å². The number of hydrogen-bond donors (Lipinski definition) is 3. The average Bonchev–Trinajstić information content (AvgIpc) is 3.29. The van der Waals surface area contributed by atoms with Crippen molar-refractivity contribution in [3.05, 3.63) is 42.0 Å². The minimum atomic E-state index is -0.324. The summed E-state index contributed by atoms with van der Waals surface area (Å²) in [6.07, 6.45) is 4.99. The molecule has 0 aliphatic carbocycles. The van der Waals surface area contributed by atoms with Crippen molar-refractivity contribution in [1.82, 2.24) is 35.4 Å². The predicted octanol–water partition coefficient (Wildman–Crippen LogP) is 2.94. The fourth-order valence-corrected chi connectivity index (χ4v) is 4.04. The summed E-state index contributed by atoms with van der Waals surface area (Å²) in [6, 6.07) is 4.52. The molecule has 1 saturated heterocycles. The molecule has 0 radical (unpaired) electrons. The molecule has 4 aromatic rings. The Hall–Kier alpha value is -3.04. The maximum absolute atomic E-state index is 13.6. The monoisotopic (exact) mass is 443 g/mol. The van der Waals surface area contributed by atoms with E-state index in [2.05, 4.69) is 32.6 Å². The highest BCUT2D eigenvalue weighted by atomic mass is 35.5. The fraction of sp³-hybridized carbons (Fsp3) is 0.333. The van der Waals surface area contributed by atoms with Crippen LogP contribution in [0.15, 0.2) is 30.6 Å². The van der Waals surface area contributed by atoms with Gasteiger partial charge in [-0.3, -0.25) is 9.48 Å². The number of carbonyl (C=O) groups is 1. The first-order valence-corrected chi connectivity index (χ1v) is 9.93. The molecule has 5 rings (SSSR count). The minimum Gasteiger partial charge on any atom is -0.347 e. The van der Waals surface area contributed by atoms with Gasteiger partial charge in [-0.15, -0.1) is 12.4 Å². The van der Waals surface area contributed by atoms with Crippen molar-refractivity contribution in [2.75, 3.05) is 13.1 Å². The van der Waals surface area contributed by atoms with Crippen LogP contribution >= 0.6 is 12.4 Å². The maximum Gasteiger partial charge on any atom is 0.255 e. The topological polar surface area (TPSA) is 101 Å². The van der Waals surface area contributed by atoms with Crippen molar-refractivity contribution in [2.24, 2.45) is 7.05 Å². The molecule has 162 valence electrons. The lowest BCUT2D eigenvalue weighted by molar-refractivity contribution is 0.0889. The summed E-state index contributed by atoms with van der Waals surface area (Å²) in [7, 11) is 1.76. The first-order valence-electron chi connectivity index (χ1n) is 9.93. The number of nitrogens with zero attached hydrogens (tertiary/aromatic N) is 4. The second-order valence-corrected chi connectivity index (χ2v) is 8.05. The second kappa shape index (κ2) is 7.90. The summed E-state index contributed by atoms with van der Waals surface area (Å²) < 4.78 is 15.3. The van der Waals surface area contributed by atoms with Gasteiger partial charge >= 0.3 is 0 Å². The molecule has 1 fully saturated rings. The van der Waals surface area contributed by atoms with Crippen molar-refractivity contribution in [2.45, 2.75) is 25.3 Å². The van der Waals surface area contributed by atoms with E-state index < -0.39 is 0 Å². The van der Waals surface area contributed by atoms with Gasteiger partial charge in [0, 0.05) is 24.2 Å².